The second-order valence-corrected chi connectivity index (χ2v) is 6.61. The van der Waals surface area contributed by atoms with E-state index in [1.54, 1.807) is 11.3 Å². The number of aromatic nitrogens is 1. The molecular formula is C17H24N2OS. The maximum absolute atomic E-state index is 5.81. The van der Waals surface area contributed by atoms with Crippen molar-refractivity contribution in [1.29, 1.82) is 0 Å². The Balaban J connectivity index is 1.92. The summed E-state index contributed by atoms with van der Waals surface area (Å²) in [6, 6.07) is 8.77. The first-order valence-electron chi connectivity index (χ1n) is 7.48. The van der Waals surface area contributed by atoms with E-state index in [2.05, 4.69) is 50.1 Å². The van der Waals surface area contributed by atoms with Gasteiger partial charge < -0.3 is 10.1 Å². The van der Waals surface area contributed by atoms with Crippen LogP contribution in [0.2, 0.25) is 0 Å². The molecule has 0 aliphatic carbocycles. The summed E-state index contributed by atoms with van der Waals surface area (Å²) < 4.78 is 5.81. The molecule has 0 fully saturated rings. The summed E-state index contributed by atoms with van der Waals surface area (Å²) in [5.74, 6) is 0.905. The highest BCUT2D eigenvalue weighted by Crippen LogP contribution is 2.20. The number of aryl methyl sites for hydroxylation is 2. The highest BCUT2D eigenvalue weighted by molar-refractivity contribution is 7.11. The maximum atomic E-state index is 5.81. The Hall–Kier alpha value is -1.39. The van der Waals surface area contributed by atoms with Crippen LogP contribution < -0.4 is 10.1 Å². The molecule has 0 radical (unpaired) electrons. The summed E-state index contributed by atoms with van der Waals surface area (Å²) in [4.78, 5) is 5.89. The average Bonchev–Trinajstić information content (AvgIpc) is 2.84. The molecule has 0 amide bonds. The summed E-state index contributed by atoms with van der Waals surface area (Å²) >= 11 is 1.73. The van der Waals surface area contributed by atoms with Crippen LogP contribution in [0.15, 0.2) is 24.3 Å². The van der Waals surface area contributed by atoms with Crippen LogP contribution in [-0.2, 0) is 19.6 Å². The number of hydrogen-bond donors (Lipinski definition) is 1. The number of rotatable bonds is 7. The Morgan fingerprint density at radius 1 is 1.24 bits per heavy atom. The lowest BCUT2D eigenvalue weighted by atomic mass is 10.2. The van der Waals surface area contributed by atoms with Crippen LogP contribution in [0.1, 0.15) is 41.9 Å². The molecule has 0 saturated heterocycles. The van der Waals surface area contributed by atoms with Gasteiger partial charge >= 0.3 is 0 Å². The highest BCUT2D eigenvalue weighted by atomic mass is 32.1. The fourth-order valence-electron chi connectivity index (χ4n) is 1.98. The first-order valence-corrected chi connectivity index (χ1v) is 8.30. The Morgan fingerprint density at radius 2 is 1.95 bits per heavy atom. The minimum atomic E-state index is 0.489. The van der Waals surface area contributed by atoms with E-state index in [-0.39, 0.29) is 0 Å². The molecule has 0 saturated carbocycles. The Bertz CT molecular complexity index is 561. The largest absolute Gasteiger partial charge is 0.486 e. The molecule has 1 aromatic carbocycles. The van der Waals surface area contributed by atoms with Crippen LogP contribution in [0.3, 0.4) is 0 Å². The van der Waals surface area contributed by atoms with Gasteiger partial charge in [-0.05, 0) is 31.0 Å². The van der Waals surface area contributed by atoms with E-state index >= 15 is 0 Å². The van der Waals surface area contributed by atoms with Gasteiger partial charge in [0.2, 0.25) is 0 Å². The Labute approximate surface area is 131 Å². The van der Waals surface area contributed by atoms with Crippen molar-refractivity contribution < 1.29 is 4.74 Å². The van der Waals surface area contributed by atoms with Gasteiger partial charge in [0.05, 0.1) is 5.69 Å². The van der Waals surface area contributed by atoms with Crippen molar-refractivity contribution in [2.75, 3.05) is 0 Å². The van der Waals surface area contributed by atoms with Gasteiger partial charge in [0, 0.05) is 17.5 Å². The maximum Gasteiger partial charge on any atom is 0.140 e. The van der Waals surface area contributed by atoms with Crippen molar-refractivity contribution in [2.24, 2.45) is 0 Å². The molecule has 1 aromatic heterocycles. The number of nitrogens with zero attached hydrogens (tertiary/aromatic N) is 1. The van der Waals surface area contributed by atoms with Crippen molar-refractivity contribution in [3.63, 3.8) is 0 Å². The van der Waals surface area contributed by atoms with E-state index < -0.39 is 0 Å². The Kier molecular flexibility index (Phi) is 5.76. The summed E-state index contributed by atoms with van der Waals surface area (Å²) in [7, 11) is 0. The second kappa shape index (κ2) is 7.57. The van der Waals surface area contributed by atoms with E-state index in [1.165, 1.54) is 10.4 Å². The molecule has 2 aromatic rings. The van der Waals surface area contributed by atoms with Gasteiger partial charge in [0.25, 0.3) is 0 Å². The van der Waals surface area contributed by atoms with Crippen LogP contribution in [0, 0.1) is 6.92 Å². The van der Waals surface area contributed by atoms with Crippen molar-refractivity contribution in [3.8, 4) is 5.75 Å². The van der Waals surface area contributed by atoms with Crippen molar-refractivity contribution >= 4 is 11.3 Å². The lowest BCUT2D eigenvalue weighted by molar-refractivity contribution is 0.305. The van der Waals surface area contributed by atoms with Crippen LogP contribution >= 0.6 is 11.3 Å². The molecule has 0 aliphatic heterocycles. The van der Waals surface area contributed by atoms with Gasteiger partial charge in [-0.1, -0.05) is 32.9 Å². The molecule has 0 atom stereocenters. The predicted octanol–water partition coefficient (Wildman–Crippen LogP) is 4.09. The van der Waals surface area contributed by atoms with Gasteiger partial charge in [-0.2, -0.15) is 0 Å². The average molecular weight is 304 g/mol. The molecule has 21 heavy (non-hydrogen) atoms. The van der Waals surface area contributed by atoms with E-state index in [4.69, 9.17) is 4.74 Å². The molecule has 0 spiro atoms. The first-order chi connectivity index (χ1) is 10.1. The number of nitrogens with one attached hydrogen (secondary N) is 1. The summed E-state index contributed by atoms with van der Waals surface area (Å²) in [5.41, 5.74) is 2.43. The molecule has 4 heteroatoms. The van der Waals surface area contributed by atoms with Crippen LogP contribution in [-0.4, -0.2) is 11.0 Å². The van der Waals surface area contributed by atoms with Crippen LogP contribution in [0.25, 0.3) is 0 Å². The molecule has 0 unspecified atom stereocenters. The monoisotopic (exact) mass is 304 g/mol. The lowest BCUT2D eigenvalue weighted by Crippen LogP contribution is -2.21. The normalized spacial score (nSPS) is 11.1. The SMILES string of the molecule is CCc1ccc(OCc2nc(C)c(CNC(C)C)s2)cc1. The highest BCUT2D eigenvalue weighted by Gasteiger charge is 2.08. The molecular weight excluding hydrogens is 280 g/mol. The molecule has 1 N–H and O–H groups in total. The van der Waals surface area contributed by atoms with E-state index in [1.807, 2.05) is 12.1 Å². The lowest BCUT2D eigenvalue weighted by Gasteiger charge is -2.06. The Morgan fingerprint density at radius 3 is 2.57 bits per heavy atom. The van der Waals surface area contributed by atoms with E-state index in [0.29, 0.717) is 12.6 Å². The third-order valence-electron chi connectivity index (χ3n) is 3.30. The molecule has 2 rings (SSSR count). The van der Waals surface area contributed by atoms with Crippen LogP contribution in [0.4, 0.5) is 0 Å². The number of thiazole rings is 1. The summed E-state index contributed by atoms with van der Waals surface area (Å²) in [6.45, 7) is 9.94. The zero-order chi connectivity index (χ0) is 15.2. The third-order valence-corrected chi connectivity index (χ3v) is 4.43. The zero-order valence-electron chi connectivity index (χ0n) is 13.3. The molecule has 0 aliphatic rings. The second-order valence-electron chi connectivity index (χ2n) is 5.44. The first kappa shape index (κ1) is 16.0. The van der Waals surface area contributed by atoms with E-state index in [9.17, 15) is 0 Å². The number of benzene rings is 1. The standard InChI is InChI=1S/C17H24N2OS/c1-5-14-6-8-15(9-7-14)20-11-17-19-13(4)16(21-17)10-18-12(2)3/h6-9,12,18H,5,10-11H2,1-4H3. The number of ether oxygens (including phenoxy) is 1. The quantitative estimate of drug-likeness (QED) is 0.836. The molecule has 3 nitrogen and oxygen atoms in total. The van der Waals surface area contributed by atoms with Crippen molar-refractivity contribution in [2.45, 2.75) is 53.3 Å². The minimum Gasteiger partial charge on any atom is -0.486 e. The summed E-state index contributed by atoms with van der Waals surface area (Å²) in [5, 5.41) is 4.47. The molecule has 0 bridgehead atoms. The summed E-state index contributed by atoms with van der Waals surface area (Å²) in [6.07, 6.45) is 1.05. The van der Waals surface area contributed by atoms with Gasteiger partial charge in [0.15, 0.2) is 0 Å². The van der Waals surface area contributed by atoms with Crippen molar-refractivity contribution in [1.82, 2.24) is 10.3 Å². The van der Waals surface area contributed by atoms with Gasteiger partial charge in [0.1, 0.15) is 17.4 Å². The third kappa shape index (κ3) is 4.83. The van der Waals surface area contributed by atoms with Crippen molar-refractivity contribution in [3.05, 3.63) is 45.4 Å². The fraction of sp³-hybridized carbons (Fsp3) is 0.471. The number of hydrogen-bond acceptors (Lipinski definition) is 4. The van der Waals surface area contributed by atoms with Gasteiger partial charge in [-0.3, -0.25) is 0 Å². The topological polar surface area (TPSA) is 34.1 Å². The van der Waals surface area contributed by atoms with Gasteiger partial charge in [-0.25, -0.2) is 4.98 Å². The zero-order valence-corrected chi connectivity index (χ0v) is 14.1. The predicted molar refractivity (Wildman–Crippen MR) is 89.0 cm³/mol. The smallest absolute Gasteiger partial charge is 0.140 e. The fourth-order valence-corrected chi connectivity index (χ4v) is 2.91. The van der Waals surface area contributed by atoms with Gasteiger partial charge in [-0.15, -0.1) is 11.3 Å². The van der Waals surface area contributed by atoms with Crippen LogP contribution in [0.5, 0.6) is 5.75 Å². The van der Waals surface area contributed by atoms with E-state index in [0.717, 1.165) is 29.4 Å². The minimum absolute atomic E-state index is 0.489. The molecule has 1 heterocycles. The molecule has 114 valence electrons.